The van der Waals surface area contributed by atoms with Gasteiger partial charge in [0.2, 0.25) is 5.91 Å². The highest BCUT2D eigenvalue weighted by Gasteiger charge is 2.21. The molecule has 0 aliphatic heterocycles. The molecule has 3 rings (SSSR count). The molecule has 0 fully saturated rings. The number of methoxy groups -OCH3 is 1. The molecule has 2 N–H and O–H groups in total. The molecule has 1 atom stereocenters. The Labute approximate surface area is 160 Å². The Morgan fingerprint density at radius 2 is 2.00 bits per heavy atom. The monoisotopic (exact) mass is 364 g/mol. The lowest BCUT2D eigenvalue weighted by Crippen LogP contribution is -2.26. The fraction of sp³-hybridized carbons (Fsp3) is 0.348. The van der Waals surface area contributed by atoms with Gasteiger partial charge in [-0.1, -0.05) is 50.1 Å². The van der Waals surface area contributed by atoms with Gasteiger partial charge in [0.05, 0.1) is 7.11 Å². The topological polar surface area (TPSA) is 54.1 Å². The number of nitrogens with one attached hydrogen (secondary N) is 2. The Balaban J connectivity index is 1.88. The molecule has 0 saturated carbocycles. The maximum Gasteiger partial charge on any atom is 0.220 e. The molecular formula is C23H28N2O2. The molecule has 0 saturated heterocycles. The lowest BCUT2D eigenvalue weighted by Gasteiger charge is -2.18. The van der Waals surface area contributed by atoms with Crippen molar-refractivity contribution in [3.05, 3.63) is 65.9 Å². The molecule has 0 unspecified atom stereocenters. The second-order valence-corrected chi connectivity index (χ2v) is 6.88. The first-order valence-electron chi connectivity index (χ1n) is 9.69. The number of rotatable bonds is 9. The molecule has 3 aromatic rings. The van der Waals surface area contributed by atoms with Crippen LogP contribution in [-0.4, -0.2) is 24.5 Å². The Hall–Kier alpha value is -2.75. The van der Waals surface area contributed by atoms with Crippen molar-refractivity contribution in [1.82, 2.24) is 10.3 Å². The fourth-order valence-electron chi connectivity index (χ4n) is 3.51. The number of unbranched alkanes of at least 4 members (excludes halogenated alkanes) is 2. The fourth-order valence-corrected chi connectivity index (χ4v) is 3.51. The van der Waals surface area contributed by atoms with Gasteiger partial charge in [-0.05, 0) is 35.7 Å². The Kier molecular flexibility index (Phi) is 6.53. The van der Waals surface area contributed by atoms with Crippen LogP contribution < -0.4 is 10.1 Å². The van der Waals surface area contributed by atoms with Crippen molar-refractivity contribution in [1.29, 1.82) is 0 Å². The number of H-pyrrole nitrogens is 1. The molecule has 27 heavy (non-hydrogen) atoms. The molecule has 4 heteroatoms. The van der Waals surface area contributed by atoms with Crippen molar-refractivity contribution < 1.29 is 9.53 Å². The maximum atomic E-state index is 12.6. The molecular weight excluding hydrogens is 336 g/mol. The van der Waals surface area contributed by atoms with Gasteiger partial charge in [-0.2, -0.15) is 0 Å². The van der Waals surface area contributed by atoms with Gasteiger partial charge in [-0.15, -0.1) is 0 Å². The lowest BCUT2D eigenvalue weighted by molar-refractivity contribution is -0.121. The Morgan fingerprint density at radius 3 is 2.81 bits per heavy atom. The van der Waals surface area contributed by atoms with Crippen molar-refractivity contribution in [2.24, 2.45) is 0 Å². The summed E-state index contributed by atoms with van der Waals surface area (Å²) >= 11 is 0. The highest BCUT2D eigenvalue weighted by Crippen LogP contribution is 2.34. The zero-order valence-electron chi connectivity index (χ0n) is 16.1. The number of para-hydroxylation sites is 1. The van der Waals surface area contributed by atoms with E-state index >= 15 is 0 Å². The number of hydrogen-bond acceptors (Lipinski definition) is 2. The highest BCUT2D eigenvalue weighted by atomic mass is 16.5. The number of carbonyl (C=O) groups is 1. The summed E-state index contributed by atoms with van der Waals surface area (Å²) in [6.45, 7) is 2.91. The summed E-state index contributed by atoms with van der Waals surface area (Å²) < 4.78 is 5.40. The number of ether oxygens (including phenoxy) is 1. The van der Waals surface area contributed by atoms with Crippen molar-refractivity contribution in [2.75, 3.05) is 13.7 Å². The molecule has 0 spiro atoms. The van der Waals surface area contributed by atoms with Crippen LogP contribution in [0, 0.1) is 0 Å². The summed E-state index contributed by atoms with van der Waals surface area (Å²) in [5.41, 5.74) is 3.31. The van der Waals surface area contributed by atoms with Gasteiger partial charge in [-0.25, -0.2) is 0 Å². The van der Waals surface area contributed by atoms with Gasteiger partial charge in [0, 0.05) is 36.0 Å². The molecule has 2 aromatic carbocycles. The van der Waals surface area contributed by atoms with Crippen LogP contribution in [-0.2, 0) is 4.79 Å². The Morgan fingerprint density at radius 1 is 1.15 bits per heavy atom. The van der Waals surface area contributed by atoms with E-state index in [-0.39, 0.29) is 11.8 Å². The third-order valence-corrected chi connectivity index (χ3v) is 4.98. The van der Waals surface area contributed by atoms with E-state index in [0.717, 1.165) is 53.6 Å². The van der Waals surface area contributed by atoms with Crippen LogP contribution >= 0.6 is 0 Å². The minimum absolute atomic E-state index is 0.0255. The average Bonchev–Trinajstić information content (AvgIpc) is 3.13. The number of amides is 1. The summed E-state index contributed by atoms with van der Waals surface area (Å²) in [5.74, 6) is 0.868. The van der Waals surface area contributed by atoms with Gasteiger partial charge < -0.3 is 15.0 Å². The minimum atomic E-state index is -0.0255. The first-order chi connectivity index (χ1) is 13.2. The number of carbonyl (C=O) groups excluding carboxylic acids is 1. The zero-order valence-corrected chi connectivity index (χ0v) is 16.1. The third-order valence-electron chi connectivity index (χ3n) is 4.98. The first kappa shape index (κ1) is 19.0. The molecule has 0 bridgehead atoms. The van der Waals surface area contributed by atoms with Crippen LogP contribution in [0.5, 0.6) is 5.75 Å². The molecule has 1 amide bonds. The van der Waals surface area contributed by atoms with E-state index in [1.54, 1.807) is 7.11 Å². The number of hydrogen-bond donors (Lipinski definition) is 2. The quantitative estimate of drug-likeness (QED) is 0.525. The second kappa shape index (κ2) is 9.26. The van der Waals surface area contributed by atoms with E-state index in [9.17, 15) is 4.79 Å². The van der Waals surface area contributed by atoms with Gasteiger partial charge in [0.15, 0.2) is 0 Å². The van der Waals surface area contributed by atoms with Crippen molar-refractivity contribution in [3.8, 4) is 5.75 Å². The average molecular weight is 364 g/mol. The lowest BCUT2D eigenvalue weighted by atomic mass is 9.88. The van der Waals surface area contributed by atoms with E-state index in [1.807, 2.05) is 36.5 Å². The normalized spacial score (nSPS) is 12.1. The van der Waals surface area contributed by atoms with E-state index in [0.29, 0.717) is 6.42 Å². The smallest absolute Gasteiger partial charge is 0.220 e. The maximum absolute atomic E-state index is 12.6. The van der Waals surface area contributed by atoms with Crippen molar-refractivity contribution in [2.45, 2.75) is 38.5 Å². The standard InChI is InChI=1S/C23H28N2O2/c1-3-4-7-13-24-23(26)15-20(17-9-8-10-18(14-17)27-2)21-16-25-22-12-6-5-11-19(21)22/h5-6,8-12,14,16,20,25H,3-4,7,13,15H2,1-2H3,(H,24,26)/t20-/m1/s1. The van der Waals surface area contributed by atoms with Crippen LogP contribution in [0.3, 0.4) is 0 Å². The SMILES string of the molecule is CCCCCNC(=O)C[C@H](c1cccc(OC)c1)c1c[nH]c2ccccc12. The van der Waals surface area contributed by atoms with Crippen LogP contribution in [0.1, 0.15) is 49.7 Å². The Bertz CT molecular complexity index is 885. The van der Waals surface area contributed by atoms with Gasteiger partial charge >= 0.3 is 0 Å². The number of benzene rings is 2. The van der Waals surface area contributed by atoms with Crippen LogP contribution in [0.4, 0.5) is 0 Å². The summed E-state index contributed by atoms with van der Waals surface area (Å²) in [6.07, 6.45) is 5.76. The summed E-state index contributed by atoms with van der Waals surface area (Å²) in [4.78, 5) is 16.0. The second-order valence-electron chi connectivity index (χ2n) is 6.88. The minimum Gasteiger partial charge on any atom is -0.497 e. The van der Waals surface area contributed by atoms with E-state index in [2.05, 4.69) is 35.4 Å². The van der Waals surface area contributed by atoms with Crippen LogP contribution in [0.2, 0.25) is 0 Å². The number of aromatic amines is 1. The number of fused-ring (bicyclic) bond motifs is 1. The third kappa shape index (κ3) is 4.70. The largest absolute Gasteiger partial charge is 0.497 e. The van der Waals surface area contributed by atoms with E-state index < -0.39 is 0 Å². The predicted octanol–water partition coefficient (Wildman–Crippen LogP) is 5.00. The van der Waals surface area contributed by atoms with Crippen molar-refractivity contribution >= 4 is 16.8 Å². The molecule has 0 aliphatic carbocycles. The van der Waals surface area contributed by atoms with Gasteiger partial charge in [-0.3, -0.25) is 4.79 Å². The number of aromatic nitrogens is 1. The molecule has 1 aromatic heterocycles. The predicted molar refractivity (Wildman–Crippen MR) is 110 cm³/mol. The summed E-state index contributed by atoms with van der Waals surface area (Å²) in [6, 6.07) is 16.2. The van der Waals surface area contributed by atoms with Gasteiger partial charge in [0.25, 0.3) is 0 Å². The van der Waals surface area contributed by atoms with E-state index in [4.69, 9.17) is 4.74 Å². The highest BCUT2D eigenvalue weighted by molar-refractivity contribution is 5.86. The molecule has 0 aliphatic rings. The molecule has 142 valence electrons. The first-order valence-corrected chi connectivity index (χ1v) is 9.69. The molecule has 4 nitrogen and oxygen atoms in total. The van der Waals surface area contributed by atoms with E-state index in [1.165, 1.54) is 0 Å². The van der Waals surface area contributed by atoms with Gasteiger partial charge in [0.1, 0.15) is 5.75 Å². The summed E-state index contributed by atoms with van der Waals surface area (Å²) in [7, 11) is 1.67. The molecule has 0 radical (unpaired) electrons. The van der Waals surface area contributed by atoms with Crippen molar-refractivity contribution in [3.63, 3.8) is 0 Å². The van der Waals surface area contributed by atoms with Crippen LogP contribution in [0.15, 0.2) is 54.7 Å². The summed E-state index contributed by atoms with van der Waals surface area (Å²) in [5, 5.41) is 4.23. The molecule has 1 heterocycles. The zero-order chi connectivity index (χ0) is 19.1. The van der Waals surface area contributed by atoms with Crippen LogP contribution in [0.25, 0.3) is 10.9 Å².